The van der Waals surface area contributed by atoms with Crippen molar-refractivity contribution >= 4 is 21.9 Å². The minimum Gasteiger partial charge on any atom is -0.497 e. The van der Waals surface area contributed by atoms with E-state index in [1.54, 1.807) is 30.3 Å². The molecule has 1 fully saturated rings. The third kappa shape index (κ3) is 4.83. The summed E-state index contributed by atoms with van der Waals surface area (Å²) in [7, 11) is -0.685. The van der Waals surface area contributed by atoms with E-state index in [4.69, 9.17) is 13.9 Å². The van der Waals surface area contributed by atoms with E-state index >= 15 is 0 Å². The van der Waals surface area contributed by atoms with Gasteiger partial charge in [-0.05, 0) is 49.2 Å². The monoisotopic (exact) mass is 472 g/mol. The average molecular weight is 473 g/mol. The molecule has 3 aromatic rings. The van der Waals surface area contributed by atoms with Gasteiger partial charge in [-0.15, -0.1) is 5.10 Å². The van der Waals surface area contributed by atoms with Crippen LogP contribution in [0.4, 0.5) is 6.01 Å². The van der Waals surface area contributed by atoms with E-state index in [9.17, 15) is 13.2 Å². The number of para-hydroxylation sites is 1. The maximum atomic E-state index is 13.0. The van der Waals surface area contributed by atoms with Gasteiger partial charge in [0.25, 0.3) is 5.89 Å². The second-order valence-corrected chi connectivity index (χ2v) is 9.42. The quantitative estimate of drug-likeness (QED) is 0.557. The molecule has 11 heteroatoms. The summed E-state index contributed by atoms with van der Waals surface area (Å²) in [6.07, 6.45) is 1.11. The van der Waals surface area contributed by atoms with Crippen LogP contribution in [0.15, 0.2) is 57.8 Å². The molecule has 2 heterocycles. The van der Waals surface area contributed by atoms with Crippen LogP contribution < -0.4 is 14.8 Å². The van der Waals surface area contributed by atoms with Crippen LogP contribution in [0.25, 0.3) is 11.5 Å². The Bertz CT molecular complexity index is 1230. The zero-order chi connectivity index (χ0) is 23.4. The van der Waals surface area contributed by atoms with Gasteiger partial charge >= 0.3 is 6.01 Å². The second-order valence-electron chi connectivity index (χ2n) is 7.48. The summed E-state index contributed by atoms with van der Waals surface area (Å²) in [5.74, 6) is 0.408. The number of hydrogen-bond donors (Lipinski definition) is 1. The largest absolute Gasteiger partial charge is 0.497 e. The zero-order valence-electron chi connectivity index (χ0n) is 18.2. The number of sulfonamides is 1. The topological polar surface area (TPSA) is 124 Å². The highest BCUT2D eigenvalue weighted by atomic mass is 32.2. The number of anilines is 1. The fraction of sp³-hybridized carbons (Fsp3) is 0.318. The SMILES string of the molecule is COc1ccc(S(=O)(=O)N2CCCC(C(=O)Nc3nnc(-c4ccccc4OC)o3)C2)cc1. The summed E-state index contributed by atoms with van der Waals surface area (Å²) < 4.78 is 43.4. The van der Waals surface area contributed by atoms with Gasteiger partial charge in [0, 0.05) is 13.1 Å². The first-order chi connectivity index (χ1) is 15.9. The van der Waals surface area contributed by atoms with Crippen molar-refractivity contribution in [1.29, 1.82) is 0 Å². The Morgan fingerprint density at radius 3 is 2.58 bits per heavy atom. The molecule has 4 rings (SSSR count). The molecule has 1 unspecified atom stereocenters. The molecule has 10 nitrogen and oxygen atoms in total. The minimum absolute atomic E-state index is 0.0592. The van der Waals surface area contributed by atoms with E-state index in [-0.39, 0.29) is 29.3 Å². The number of hydrogen-bond acceptors (Lipinski definition) is 8. The number of methoxy groups -OCH3 is 2. The van der Waals surface area contributed by atoms with Crippen molar-refractivity contribution in [1.82, 2.24) is 14.5 Å². The van der Waals surface area contributed by atoms with Crippen LogP contribution >= 0.6 is 0 Å². The highest BCUT2D eigenvalue weighted by molar-refractivity contribution is 7.89. The first-order valence-electron chi connectivity index (χ1n) is 10.3. The molecule has 1 atom stereocenters. The lowest BCUT2D eigenvalue weighted by Crippen LogP contribution is -2.43. The lowest BCUT2D eigenvalue weighted by molar-refractivity contribution is -0.121. The molecule has 0 bridgehead atoms. The normalized spacial score (nSPS) is 16.8. The van der Waals surface area contributed by atoms with Gasteiger partial charge in [0.05, 0.1) is 30.6 Å². The number of carbonyl (C=O) groups is 1. The number of nitrogens with zero attached hydrogens (tertiary/aromatic N) is 3. The van der Waals surface area contributed by atoms with Gasteiger partial charge in [0.1, 0.15) is 11.5 Å². The predicted molar refractivity (Wildman–Crippen MR) is 119 cm³/mol. The van der Waals surface area contributed by atoms with Gasteiger partial charge in [0.2, 0.25) is 15.9 Å². The Balaban J connectivity index is 1.44. The molecular weight excluding hydrogens is 448 g/mol. The van der Waals surface area contributed by atoms with Crippen LogP contribution in [0.3, 0.4) is 0 Å². The summed E-state index contributed by atoms with van der Waals surface area (Å²) >= 11 is 0. The molecule has 174 valence electrons. The number of piperidine rings is 1. The predicted octanol–water partition coefficient (Wildman–Crippen LogP) is 2.79. The fourth-order valence-corrected chi connectivity index (χ4v) is 5.21. The molecule has 1 aromatic heterocycles. The molecule has 1 N–H and O–H groups in total. The lowest BCUT2D eigenvalue weighted by atomic mass is 9.99. The molecule has 1 saturated heterocycles. The van der Waals surface area contributed by atoms with Crippen LogP contribution in [0.1, 0.15) is 12.8 Å². The number of nitrogens with one attached hydrogen (secondary N) is 1. The maximum Gasteiger partial charge on any atom is 0.322 e. The molecule has 33 heavy (non-hydrogen) atoms. The van der Waals surface area contributed by atoms with Gasteiger partial charge in [0.15, 0.2) is 0 Å². The second kappa shape index (κ2) is 9.59. The molecule has 0 saturated carbocycles. The van der Waals surface area contributed by atoms with Crippen molar-refractivity contribution in [3.63, 3.8) is 0 Å². The number of rotatable bonds is 7. The molecule has 0 radical (unpaired) electrons. The smallest absolute Gasteiger partial charge is 0.322 e. The standard InChI is InChI=1S/C22H24N4O6S/c1-30-16-9-11-17(12-10-16)33(28,29)26-13-5-6-15(14-26)20(27)23-22-25-24-21(32-22)18-7-3-4-8-19(18)31-2/h3-4,7-12,15H,5-6,13-14H2,1-2H3,(H,23,25,27). The Morgan fingerprint density at radius 2 is 1.85 bits per heavy atom. The molecule has 1 amide bonds. The molecule has 0 aliphatic carbocycles. The molecule has 2 aromatic carbocycles. The number of amides is 1. The molecule has 0 spiro atoms. The maximum absolute atomic E-state index is 13.0. The van der Waals surface area contributed by atoms with Crippen LogP contribution in [0, 0.1) is 5.92 Å². The number of aromatic nitrogens is 2. The zero-order valence-corrected chi connectivity index (χ0v) is 19.0. The van der Waals surface area contributed by atoms with Gasteiger partial charge in [-0.2, -0.15) is 4.31 Å². The summed E-state index contributed by atoms with van der Waals surface area (Å²) in [4.78, 5) is 13.0. The van der Waals surface area contributed by atoms with Gasteiger partial charge in [-0.1, -0.05) is 17.2 Å². The highest BCUT2D eigenvalue weighted by Crippen LogP contribution is 2.30. The third-order valence-corrected chi connectivity index (χ3v) is 7.32. The van der Waals surface area contributed by atoms with Gasteiger partial charge < -0.3 is 13.9 Å². The van der Waals surface area contributed by atoms with E-state index < -0.39 is 15.9 Å². The fourth-order valence-electron chi connectivity index (χ4n) is 3.68. The Kier molecular flexibility index (Phi) is 6.61. The van der Waals surface area contributed by atoms with Crippen molar-refractivity contribution in [2.45, 2.75) is 17.7 Å². The average Bonchev–Trinajstić information content (AvgIpc) is 3.32. The number of carbonyl (C=O) groups excluding carboxylic acids is 1. The van der Waals surface area contributed by atoms with Crippen molar-refractivity contribution in [2.75, 3.05) is 32.6 Å². The first-order valence-corrected chi connectivity index (χ1v) is 11.8. The molecular formula is C22H24N4O6S. The third-order valence-electron chi connectivity index (χ3n) is 5.44. The highest BCUT2D eigenvalue weighted by Gasteiger charge is 2.34. The van der Waals surface area contributed by atoms with E-state index in [0.29, 0.717) is 36.4 Å². The van der Waals surface area contributed by atoms with Crippen LogP contribution in [0.2, 0.25) is 0 Å². The van der Waals surface area contributed by atoms with E-state index in [1.165, 1.54) is 30.7 Å². The lowest BCUT2D eigenvalue weighted by Gasteiger charge is -2.30. The summed E-state index contributed by atoms with van der Waals surface area (Å²) in [5, 5.41) is 10.5. The summed E-state index contributed by atoms with van der Waals surface area (Å²) in [6.45, 7) is 0.407. The van der Waals surface area contributed by atoms with E-state index in [1.807, 2.05) is 6.07 Å². The van der Waals surface area contributed by atoms with Crippen molar-refractivity contribution < 1.29 is 27.1 Å². The van der Waals surface area contributed by atoms with E-state index in [0.717, 1.165) is 0 Å². The molecule has 1 aliphatic heterocycles. The summed E-state index contributed by atoms with van der Waals surface area (Å²) in [6, 6.07) is 13.3. The Hall–Kier alpha value is -3.44. The van der Waals surface area contributed by atoms with Gasteiger partial charge in [-0.25, -0.2) is 8.42 Å². The van der Waals surface area contributed by atoms with Crippen LogP contribution in [-0.2, 0) is 14.8 Å². The Morgan fingerprint density at radius 1 is 1.09 bits per heavy atom. The molecule has 1 aliphatic rings. The van der Waals surface area contributed by atoms with E-state index in [2.05, 4.69) is 15.5 Å². The van der Waals surface area contributed by atoms with Crippen molar-refractivity contribution in [3.8, 4) is 23.0 Å². The van der Waals surface area contributed by atoms with Crippen molar-refractivity contribution in [2.24, 2.45) is 5.92 Å². The first kappa shape index (κ1) is 22.7. The van der Waals surface area contributed by atoms with Crippen LogP contribution in [0.5, 0.6) is 11.5 Å². The number of ether oxygens (including phenoxy) is 2. The van der Waals surface area contributed by atoms with Crippen LogP contribution in [-0.4, -0.2) is 56.1 Å². The summed E-state index contributed by atoms with van der Waals surface area (Å²) in [5.41, 5.74) is 0.599. The number of benzene rings is 2. The minimum atomic E-state index is -3.73. The van der Waals surface area contributed by atoms with Crippen molar-refractivity contribution in [3.05, 3.63) is 48.5 Å². The van der Waals surface area contributed by atoms with Gasteiger partial charge in [-0.3, -0.25) is 10.1 Å². The Labute approximate surface area is 191 Å².